The first-order valence-electron chi connectivity index (χ1n) is 7.55. The lowest BCUT2D eigenvalue weighted by molar-refractivity contribution is 0.0773. The van der Waals surface area contributed by atoms with Crippen LogP contribution in [-0.4, -0.2) is 23.9 Å². The molecule has 0 heterocycles. The summed E-state index contributed by atoms with van der Waals surface area (Å²) in [4.78, 5) is 14.7. The normalized spacial score (nSPS) is 10.5. The van der Waals surface area contributed by atoms with Gasteiger partial charge in [0.15, 0.2) is 0 Å². The minimum absolute atomic E-state index is 0.122. The molecule has 0 aromatic heterocycles. The summed E-state index contributed by atoms with van der Waals surface area (Å²) in [7, 11) is 0. The highest BCUT2D eigenvalue weighted by molar-refractivity contribution is 6.02. The van der Waals surface area contributed by atoms with Gasteiger partial charge in [0.25, 0.3) is 5.91 Å². The highest BCUT2D eigenvalue weighted by Gasteiger charge is 2.20. The molecule has 1 amide bonds. The van der Waals surface area contributed by atoms with Crippen LogP contribution < -0.4 is 0 Å². The summed E-state index contributed by atoms with van der Waals surface area (Å²) in [6, 6.07) is 14.3. The van der Waals surface area contributed by atoms with Crippen LogP contribution in [0.3, 0.4) is 0 Å². The molecule has 2 aromatic carbocycles. The molecule has 0 bridgehead atoms. The van der Waals surface area contributed by atoms with Gasteiger partial charge in [-0.25, -0.2) is 0 Å². The maximum absolute atomic E-state index is 12.9. The molecular weight excluding hydrogens is 258 g/mol. The minimum atomic E-state index is 0.122. The second kappa shape index (κ2) is 6.57. The fourth-order valence-corrected chi connectivity index (χ4v) is 2.72. The van der Waals surface area contributed by atoms with E-state index in [9.17, 15) is 4.79 Å². The topological polar surface area (TPSA) is 20.3 Å². The van der Waals surface area contributed by atoms with Crippen molar-refractivity contribution in [1.82, 2.24) is 4.90 Å². The molecule has 110 valence electrons. The van der Waals surface area contributed by atoms with Gasteiger partial charge in [0, 0.05) is 13.1 Å². The van der Waals surface area contributed by atoms with Crippen molar-refractivity contribution in [3.05, 3.63) is 59.2 Å². The van der Waals surface area contributed by atoms with Crippen molar-refractivity contribution in [2.75, 3.05) is 13.1 Å². The standard InChI is InChI=1S/C19H23NO/c1-5-20(6-2)19(21)18-15(4)11-9-13-17(18)16-12-8-7-10-14(16)3/h7-13H,5-6H2,1-4H3. The summed E-state index contributed by atoms with van der Waals surface area (Å²) >= 11 is 0. The van der Waals surface area contributed by atoms with Gasteiger partial charge in [-0.15, -0.1) is 0 Å². The van der Waals surface area contributed by atoms with Crippen LogP contribution in [-0.2, 0) is 0 Å². The number of hydrogen-bond donors (Lipinski definition) is 0. The molecule has 2 aromatic rings. The summed E-state index contributed by atoms with van der Waals surface area (Å²) in [6.45, 7) is 9.61. The molecule has 21 heavy (non-hydrogen) atoms. The molecule has 0 saturated heterocycles. The number of rotatable bonds is 4. The second-order valence-electron chi connectivity index (χ2n) is 5.29. The number of amides is 1. The van der Waals surface area contributed by atoms with Crippen LogP contribution in [0, 0.1) is 13.8 Å². The van der Waals surface area contributed by atoms with Crippen LogP contribution in [0.5, 0.6) is 0 Å². The van der Waals surface area contributed by atoms with E-state index in [0.29, 0.717) is 0 Å². The van der Waals surface area contributed by atoms with Gasteiger partial charge >= 0.3 is 0 Å². The highest BCUT2D eigenvalue weighted by Crippen LogP contribution is 2.29. The molecule has 0 fully saturated rings. The maximum Gasteiger partial charge on any atom is 0.254 e. The van der Waals surface area contributed by atoms with Gasteiger partial charge in [-0.1, -0.05) is 42.5 Å². The Kier molecular flexibility index (Phi) is 4.79. The van der Waals surface area contributed by atoms with Crippen molar-refractivity contribution in [3.63, 3.8) is 0 Å². The molecule has 0 saturated carbocycles. The molecule has 0 aliphatic carbocycles. The summed E-state index contributed by atoms with van der Waals surface area (Å²) in [6.07, 6.45) is 0. The van der Waals surface area contributed by atoms with Crippen LogP contribution in [0.2, 0.25) is 0 Å². The average Bonchev–Trinajstić information content (AvgIpc) is 2.48. The minimum Gasteiger partial charge on any atom is -0.339 e. The third-order valence-electron chi connectivity index (χ3n) is 3.97. The van der Waals surface area contributed by atoms with Crippen LogP contribution >= 0.6 is 0 Å². The molecule has 0 N–H and O–H groups in total. The molecule has 0 atom stereocenters. The van der Waals surface area contributed by atoms with Crippen LogP contribution in [0.1, 0.15) is 35.3 Å². The summed E-state index contributed by atoms with van der Waals surface area (Å²) in [5, 5.41) is 0. The Morgan fingerprint density at radius 3 is 2.05 bits per heavy atom. The molecule has 0 spiro atoms. The molecular formula is C19H23NO. The smallest absolute Gasteiger partial charge is 0.254 e. The Hall–Kier alpha value is -2.09. The third-order valence-corrected chi connectivity index (χ3v) is 3.97. The number of aryl methyl sites for hydroxylation is 2. The van der Waals surface area contributed by atoms with E-state index in [2.05, 4.69) is 19.1 Å². The lowest BCUT2D eigenvalue weighted by Gasteiger charge is -2.22. The first kappa shape index (κ1) is 15.3. The number of carbonyl (C=O) groups excluding carboxylic acids is 1. The fraction of sp³-hybridized carbons (Fsp3) is 0.316. The summed E-state index contributed by atoms with van der Waals surface area (Å²) in [5.41, 5.74) is 5.22. The van der Waals surface area contributed by atoms with Gasteiger partial charge in [0.1, 0.15) is 0 Å². The van der Waals surface area contributed by atoms with Crippen molar-refractivity contribution in [1.29, 1.82) is 0 Å². The van der Waals surface area contributed by atoms with E-state index < -0.39 is 0 Å². The van der Waals surface area contributed by atoms with Crippen LogP contribution in [0.15, 0.2) is 42.5 Å². The maximum atomic E-state index is 12.9. The lowest BCUT2D eigenvalue weighted by Crippen LogP contribution is -2.31. The zero-order valence-corrected chi connectivity index (χ0v) is 13.3. The van der Waals surface area contributed by atoms with E-state index in [1.54, 1.807) is 0 Å². The quantitative estimate of drug-likeness (QED) is 0.810. The largest absolute Gasteiger partial charge is 0.339 e. The molecule has 0 aliphatic rings. The predicted octanol–water partition coefficient (Wildman–Crippen LogP) is 4.45. The number of benzene rings is 2. The van der Waals surface area contributed by atoms with Crippen molar-refractivity contribution in [3.8, 4) is 11.1 Å². The third kappa shape index (κ3) is 2.99. The van der Waals surface area contributed by atoms with E-state index >= 15 is 0 Å². The van der Waals surface area contributed by atoms with E-state index in [1.165, 1.54) is 5.56 Å². The van der Waals surface area contributed by atoms with Crippen LogP contribution in [0.25, 0.3) is 11.1 Å². The Morgan fingerprint density at radius 2 is 1.43 bits per heavy atom. The zero-order valence-electron chi connectivity index (χ0n) is 13.3. The van der Waals surface area contributed by atoms with Gasteiger partial charge in [0.2, 0.25) is 0 Å². The summed E-state index contributed by atoms with van der Waals surface area (Å²) < 4.78 is 0. The molecule has 2 rings (SSSR count). The average molecular weight is 281 g/mol. The van der Waals surface area contributed by atoms with E-state index in [1.807, 2.05) is 56.0 Å². The number of nitrogens with zero attached hydrogens (tertiary/aromatic N) is 1. The van der Waals surface area contributed by atoms with Crippen LogP contribution in [0.4, 0.5) is 0 Å². The van der Waals surface area contributed by atoms with E-state index in [-0.39, 0.29) is 5.91 Å². The Labute approximate surface area is 127 Å². The van der Waals surface area contributed by atoms with Crippen molar-refractivity contribution in [2.24, 2.45) is 0 Å². The fourth-order valence-electron chi connectivity index (χ4n) is 2.72. The SMILES string of the molecule is CCN(CC)C(=O)c1c(C)cccc1-c1ccccc1C. The number of hydrogen-bond acceptors (Lipinski definition) is 1. The van der Waals surface area contributed by atoms with Crippen molar-refractivity contribution in [2.45, 2.75) is 27.7 Å². The molecule has 2 nitrogen and oxygen atoms in total. The lowest BCUT2D eigenvalue weighted by atomic mass is 9.92. The first-order valence-corrected chi connectivity index (χ1v) is 7.55. The van der Waals surface area contributed by atoms with Gasteiger partial charge < -0.3 is 4.90 Å². The Bertz CT molecular complexity index is 642. The Balaban J connectivity index is 2.62. The van der Waals surface area contributed by atoms with Crippen molar-refractivity contribution < 1.29 is 4.79 Å². The molecule has 0 unspecified atom stereocenters. The van der Waals surface area contributed by atoms with Gasteiger partial charge in [-0.3, -0.25) is 4.79 Å². The predicted molar refractivity (Wildman–Crippen MR) is 88.6 cm³/mol. The molecule has 0 aliphatic heterocycles. The summed E-state index contributed by atoms with van der Waals surface area (Å²) in [5.74, 6) is 0.122. The molecule has 0 radical (unpaired) electrons. The van der Waals surface area contributed by atoms with E-state index in [0.717, 1.165) is 35.3 Å². The van der Waals surface area contributed by atoms with Gasteiger partial charge in [-0.2, -0.15) is 0 Å². The monoisotopic (exact) mass is 281 g/mol. The van der Waals surface area contributed by atoms with E-state index in [4.69, 9.17) is 0 Å². The number of carbonyl (C=O) groups is 1. The Morgan fingerprint density at radius 1 is 0.857 bits per heavy atom. The molecule has 2 heteroatoms. The highest BCUT2D eigenvalue weighted by atomic mass is 16.2. The zero-order chi connectivity index (χ0) is 15.4. The second-order valence-corrected chi connectivity index (χ2v) is 5.29. The van der Waals surface area contributed by atoms with Gasteiger partial charge in [0.05, 0.1) is 5.56 Å². The van der Waals surface area contributed by atoms with Gasteiger partial charge in [-0.05, 0) is 49.9 Å². The van der Waals surface area contributed by atoms with Crippen molar-refractivity contribution >= 4 is 5.91 Å². The first-order chi connectivity index (χ1) is 10.1.